The van der Waals surface area contributed by atoms with Gasteiger partial charge in [-0.2, -0.15) is 13.2 Å². The number of para-hydroxylation sites is 1. The van der Waals surface area contributed by atoms with Crippen molar-refractivity contribution in [3.8, 4) is 11.5 Å². The number of benzene rings is 2. The van der Waals surface area contributed by atoms with Crippen molar-refractivity contribution in [2.24, 2.45) is 0 Å². The van der Waals surface area contributed by atoms with Crippen molar-refractivity contribution in [3.05, 3.63) is 60.2 Å². The number of alkyl halides is 3. The topological polar surface area (TPSA) is 131 Å². The van der Waals surface area contributed by atoms with Crippen LogP contribution in [-0.2, 0) is 29.8 Å². The molecular formula is C13H15F3O7P2S2. The van der Waals surface area contributed by atoms with Gasteiger partial charge in [0.1, 0.15) is 11.5 Å². The van der Waals surface area contributed by atoms with Gasteiger partial charge in [0, 0.05) is 0 Å². The van der Waals surface area contributed by atoms with Crippen molar-refractivity contribution in [2.75, 3.05) is 0 Å². The minimum absolute atomic E-state index is 0.379. The number of rotatable bonds is 2. The fourth-order valence-corrected chi connectivity index (χ4v) is 1.34. The van der Waals surface area contributed by atoms with Crippen LogP contribution in [0.2, 0.25) is 0 Å². The first kappa shape index (κ1) is 26.1. The Morgan fingerprint density at radius 2 is 1.00 bits per heavy atom. The fourth-order valence-electron chi connectivity index (χ4n) is 1.34. The van der Waals surface area contributed by atoms with Gasteiger partial charge < -0.3 is 34.1 Å². The van der Waals surface area contributed by atoms with Crippen molar-refractivity contribution in [2.45, 2.75) is 6.18 Å². The van der Waals surface area contributed by atoms with Gasteiger partial charge in [0.25, 0.3) is 0 Å². The van der Waals surface area contributed by atoms with E-state index < -0.39 is 25.2 Å². The minimum atomic E-state index is -4.31. The van der Waals surface area contributed by atoms with Gasteiger partial charge in [-0.15, -0.1) is 0 Å². The van der Waals surface area contributed by atoms with Crippen LogP contribution in [0.15, 0.2) is 54.6 Å². The summed E-state index contributed by atoms with van der Waals surface area (Å²) in [4.78, 5) is 45.3. The molecule has 0 aromatic heterocycles. The molecule has 0 spiro atoms. The molecule has 0 bridgehead atoms. The highest BCUT2D eigenvalue weighted by Crippen LogP contribution is 2.31. The SMILES string of the molecule is FC(F)(F)c1ccc(Oc2ccccc2)cc1.OP(O)(O)=S.OP(O)(O)=S. The lowest BCUT2D eigenvalue weighted by molar-refractivity contribution is -0.137. The first-order chi connectivity index (χ1) is 12.1. The summed E-state index contributed by atoms with van der Waals surface area (Å²) >= 11 is 7.21. The fraction of sp³-hybridized carbons (Fsp3) is 0.0769. The van der Waals surface area contributed by atoms with E-state index in [1.54, 1.807) is 24.3 Å². The van der Waals surface area contributed by atoms with Crippen molar-refractivity contribution >= 4 is 37.1 Å². The second kappa shape index (κ2) is 11.2. The van der Waals surface area contributed by atoms with Gasteiger partial charge in [-0.05, 0) is 60.0 Å². The van der Waals surface area contributed by atoms with Gasteiger partial charge >= 0.3 is 19.6 Å². The maximum Gasteiger partial charge on any atom is 0.416 e. The van der Waals surface area contributed by atoms with Crippen molar-refractivity contribution in [1.29, 1.82) is 0 Å². The molecular weight excluding hydrogens is 451 g/mol. The predicted molar refractivity (Wildman–Crippen MR) is 99.8 cm³/mol. The molecule has 27 heavy (non-hydrogen) atoms. The first-order valence-corrected chi connectivity index (χ1v) is 11.8. The maximum atomic E-state index is 12.3. The van der Waals surface area contributed by atoms with Gasteiger partial charge in [0.2, 0.25) is 0 Å². The lowest BCUT2D eigenvalue weighted by atomic mass is 10.2. The monoisotopic (exact) mass is 466 g/mol. The van der Waals surface area contributed by atoms with E-state index in [4.69, 9.17) is 34.1 Å². The average Bonchev–Trinajstić information content (AvgIpc) is 2.44. The highest BCUT2D eigenvalue weighted by atomic mass is 32.5. The minimum Gasteiger partial charge on any atom is -0.457 e. The summed E-state index contributed by atoms with van der Waals surface area (Å²) in [5.74, 6) is 0.969. The molecule has 0 heterocycles. The summed E-state index contributed by atoms with van der Waals surface area (Å²) in [6, 6.07) is 13.5. The van der Waals surface area contributed by atoms with E-state index >= 15 is 0 Å². The van der Waals surface area contributed by atoms with E-state index in [1.807, 2.05) is 6.07 Å². The smallest absolute Gasteiger partial charge is 0.416 e. The number of hydrogen-bond donors (Lipinski definition) is 6. The third-order valence-corrected chi connectivity index (χ3v) is 2.16. The summed E-state index contributed by atoms with van der Waals surface area (Å²) in [6.45, 7) is -7.61. The average molecular weight is 466 g/mol. The summed E-state index contributed by atoms with van der Waals surface area (Å²) in [5, 5.41) is 0. The van der Waals surface area contributed by atoms with E-state index in [9.17, 15) is 13.2 Å². The van der Waals surface area contributed by atoms with Crippen LogP contribution in [0, 0.1) is 0 Å². The standard InChI is InChI=1S/C13H9F3O.2H3O3PS/c14-13(15,16)10-6-8-12(9-7-10)17-11-4-2-1-3-5-11;2*1-4(2,3)5/h1-9H;2*(H3,1,2,3,5). The Hall–Kier alpha value is -0.910. The molecule has 0 fully saturated rings. The quantitative estimate of drug-likeness (QED) is 0.370. The maximum absolute atomic E-state index is 12.3. The van der Waals surface area contributed by atoms with E-state index in [0.29, 0.717) is 11.5 Å². The van der Waals surface area contributed by atoms with E-state index in [-0.39, 0.29) is 0 Å². The van der Waals surface area contributed by atoms with Crippen LogP contribution in [0.3, 0.4) is 0 Å². The van der Waals surface area contributed by atoms with Gasteiger partial charge in [0.05, 0.1) is 5.56 Å². The molecule has 2 rings (SSSR count). The molecule has 0 aliphatic heterocycles. The molecule has 6 N–H and O–H groups in total. The molecule has 2 aromatic carbocycles. The second-order valence-electron chi connectivity index (χ2n) is 4.46. The van der Waals surface area contributed by atoms with Crippen LogP contribution in [-0.4, -0.2) is 29.4 Å². The van der Waals surface area contributed by atoms with Crippen LogP contribution in [0.5, 0.6) is 11.5 Å². The molecule has 152 valence electrons. The van der Waals surface area contributed by atoms with Crippen molar-refractivity contribution in [3.63, 3.8) is 0 Å². The zero-order chi connectivity index (χ0) is 21.3. The predicted octanol–water partition coefficient (Wildman–Crippen LogP) is 2.87. The van der Waals surface area contributed by atoms with E-state index in [1.165, 1.54) is 12.1 Å². The lowest BCUT2D eigenvalue weighted by Gasteiger charge is -2.08. The molecule has 7 nitrogen and oxygen atoms in total. The number of halogens is 3. The molecule has 0 amide bonds. The Kier molecular flexibility index (Phi) is 10.8. The number of hydrogen-bond acceptors (Lipinski definition) is 3. The van der Waals surface area contributed by atoms with Crippen LogP contribution in [0.25, 0.3) is 0 Å². The van der Waals surface area contributed by atoms with Crippen LogP contribution < -0.4 is 4.74 Å². The molecule has 0 atom stereocenters. The Bertz CT molecular complexity index is 740. The summed E-state index contributed by atoms with van der Waals surface area (Å²) in [6.07, 6.45) is -4.31. The van der Waals surface area contributed by atoms with Gasteiger partial charge in [0.15, 0.2) is 0 Å². The van der Waals surface area contributed by atoms with Crippen LogP contribution in [0.1, 0.15) is 5.56 Å². The van der Waals surface area contributed by atoms with E-state index in [2.05, 4.69) is 23.6 Å². The normalized spacial score (nSPS) is 11.4. The molecule has 0 aliphatic rings. The van der Waals surface area contributed by atoms with Crippen LogP contribution in [0.4, 0.5) is 13.2 Å². The Morgan fingerprint density at radius 3 is 1.33 bits per heavy atom. The van der Waals surface area contributed by atoms with Crippen molar-refractivity contribution in [1.82, 2.24) is 0 Å². The molecule has 0 unspecified atom stereocenters. The Balaban J connectivity index is 0.000000563. The molecule has 2 aromatic rings. The van der Waals surface area contributed by atoms with Gasteiger partial charge in [-0.25, -0.2) is 0 Å². The molecule has 0 aliphatic carbocycles. The summed E-state index contributed by atoms with van der Waals surface area (Å²) in [5.41, 5.74) is -0.682. The zero-order valence-corrected chi connectivity index (χ0v) is 16.6. The first-order valence-electron chi connectivity index (χ1n) is 6.52. The third kappa shape index (κ3) is 18.2. The lowest BCUT2D eigenvalue weighted by Crippen LogP contribution is -2.03. The number of ether oxygens (including phenoxy) is 1. The molecule has 14 heteroatoms. The highest BCUT2D eigenvalue weighted by molar-refractivity contribution is 8.06. The molecule has 0 radical (unpaired) electrons. The highest BCUT2D eigenvalue weighted by Gasteiger charge is 2.30. The van der Waals surface area contributed by atoms with Gasteiger partial charge in [-0.3, -0.25) is 0 Å². The molecule has 0 saturated heterocycles. The van der Waals surface area contributed by atoms with Gasteiger partial charge in [-0.1, -0.05) is 18.2 Å². The second-order valence-corrected chi connectivity index (χ2v) is 9.46. The molecule has 0 saturated carbocycles. The Morgan fingerprint density at radius 1 is 0.667 bits per heavy atom. The van der Waals surface area contributed by atoms with Crippen LogP contribution >= 0.6 is 13.4 Å². The Labute approximate surface area is 162 Å². The largest absolute Gasteiger partial charge is 0.457 e. The summed E-state index contributed by atoms with van der Waals surface area (Å²) in [7, 11) is 0. The summed E-state index contributed by atoms with van der Waals surface area (Å²) < 4.78 is 42.3. The zero-order valence-electron chi connectivity index (χ0n) is 13.1. The third-order valence-electron chi connectivity index (χ3n) is 2.16. The van der Waals surface area contributed by atoms with Crippen molar-refractivity contribution < 1.29 is 47.3 Å². The van der Waals surface area contributed by atoms with E-state index in [0.717, 1.165) is 12.1 Å².